The highest BCUT2D eigenvalue weighted by atomic mass is 16.5. The third kappa shape index (κ3) is 3.51. The summed E-state index contributed by atoms with van der Waals surface area (Å²) in [7, 11) is 0. The van der Waals surface area contributed by atoms with Crippen LogP contribution in [0, 0.1) is 13.8 Å². The van der Waals surface area contributed by atoms with Gasteiger partial charge in [0.05, 0.1) is 12.2 Å². The van der Waals surface area contributed by atoms with Gasteiger partial charge < -0.3 is 14.6 Å². The third-order valence-electron chi connectivity index (χ3n) is 4.23. The zero-order chi connectivity index (χ0) is 16.3. The molecule has 1 aromatic rings. The summed E-state index contributed by atoms with van der Waals surface area (Å²) in [6.45, 7) is 8.90. The molecule has 1 heterocycles. The minimum atomic E-state index is -0.270. The number of nitrogens with zero attached hydrogens (tertiary/aromatic N) is 1. The molecule has 5 heteroatoms. The number of rotatable bonds is 7. The second kappa shape index (κ2) is 6.99. The molecule has 0 atom stereocenters. The molecule has 1 aromatic heterocycles. The van der Waals surface area contributed by atoms with E-state index in [2.05, 4.69) is 16.8 Å². The van der Waals surface area contributed by atoms with Gasteiger partial charge in [-0.2, -0.15) is 0 Å². The lowest BCUT2D eigenvalue weighted by Gasteiger charge is -2.10. The van der Waals surface area contributed by atoms with Crippen molar-refractivity contribution in [1.82, 2.24) is 9.88 Å². The van der Waals surface area contributed by atoms with E-state index in [4.69, 9.17) is 4.74 Å². The van der Waals surface area contributed by atoms with Gasteiger partial charge in [0.1, 0.15) is 0 Å². The van der Waals surface area contributed by atoms with Crippen molar-refractivity contribution in [3.05, 3.63) is 22.5 Å². The van der Waals surface area contributed by atoms with Crippen LogP contribution < -0.4 is 5.32 Å². The minimum Gasteiger partial charge on any atom is -0.462 e. The Kier molecular flexibility index (Phi) is 5.27. The first kappa shape index (κ1) is 16.6. The van der Waals surface area contributed by atoms with Crippen LogP contribution in [0.1, 0.15) is 60.4 Å². The van der Waals surface area contributed by atoms with Gasteiger partial charge in [0.15, 0.2) is 0 Å². The van der Waals surface area contributed by atoms with E-state index in [1.165, 1.54) is 0 Å². The zero-order valence-electron chi connectivity index (χ0n) is 14.0. The van der Waals surface area contributed by atoms with Crippen molar-refractivity contribution in [1.29, 1.82) is 0 Å². The molecule has 1 fully saturated rings. The first-order valence-electron chi connectivity index (χ1n) is 8.14. The molecule has 1 amide bonds. The predicted octanol–water partition coefficient (Wildman–Crippen LogP) is 2.51. The molecule has 1 N–H and O–H groups in total. The van der Waals surface area contributed by atoms with E-state index in [0.29, 0.717) is 31.1 Å². The quantitative estimate of drug-likeness (QED) is 0.787. The lowest BCUT2D eigenvalue weighted by atomic mass is 10.1. The molecule has 0 saturated heterocycles. The highest BCUT2D eigenvalue weighted by molar-refractivity contribution is 5.93. The number of aromatic nitrogens is 1. The van der Waals surface area contributed by atoms with Crippen molar-refractivity contribution < 1.29 is 14.3 Å². The fourth-order valence-electron chi connectivity index (χ4n) is 2.97. The SMILES string of the molecule is CCOC(=O)c1c(C)c(CCC(=O)NC2CC2)n(CC)c1C. The Bertz CT molecular complexity index is 571. The average molecular weight is 306 g/mol. The van der Waals surface area contributed by atoms with E-state index in [1.807, 2.05) is 20.8 Å². The highest BCUT2D eigenvalue weighted by Gasteiger charge is 2.25. The van der Waals surface area contributed by atoms with Gasteiger partial charge in [-0.15, -0.1) is 0 Å². The van der Waals surface area contributed by atoms with Crippen molar-refractivity contribution in [3.63, 3.8) is 0 Å². The van der Waals surface area contributed by atoms with E-state index in [0.717, 1.165) is 36.3 Å². The molecule has 122 valence electrons. The summed E-state index contributed by atoms with van der Waals surface area (Å²) in [6, 6.07) is 0.392. The lowest BCUT2D eigenvalue weighted by Crippen LogP contribution is -2.25. The third-order valence-corrected chi connectivity index (χ3v) is 4.23. The molecule has 5 nitrogen and oxygen atoms in total. The van der Waals surface area contributed by atoms with Crippen molar-refractivity contribution in [3.8, 4) is 0 Å². The Morgan fingerprint density at radius 1 is 1.27 bits per heavy atom. The topological polar surface area (TPSA) is 60.3 Å². The number of esters is 1. The van der Waals surface area contributed by atoms with Gasteiger partial charge in [0, 0.05) is 30.4 Å². The fourth-order valence-corrected chi connectivity index (χ4v) is 2.97. The van der Waals surface area contributed by atoms with Gasteiger partial charge in [-0.25, -0.2) is 4.79 Å². The Labute approximate surface area is 132 Å². The monoisotopic (exact) mass is 306 g/mol. The molecule has 1 aliphatic carbocycles. The molecule has 1 saturated carbocycles. The van der Waals surface area contributed by atoms with Crippen LogP contribution in [0.15, 0.2) is 0 Å². The van der Waals surface area contributed by atoms with Crippen LogP contribution in [0.5, 0.6) is 0 Å². The fraction of sp³-hybridized carbons (Fsp3) is 0.647. The number of carbonyl (C=O) groups is 2. The van der Waals surface area contributed by atoms with Gasteiger partial charge in [-0.1, -0.05) is 0 Å². The number of nitrogens with one attached hydrogen (secondary N) is 1. The van der Waals surface area contributed by atoms with Crippen LogP contribution in [-0.2, 0) is 22.5 Å². The van der Waals surface area contributed by atoms with E-state index in [1.54, 1.807) is 0 Å². The van der Waals surface area contributed by atoms with Crippen LogP contribution in [0.4, 0.5) is 0 Å². The van der Waals surface area contributed by atoms with E-state index in [-0.39, 0.29) is 11.9 Å². The van der Waals surface area contributed by atoms with Crippen LogP contribution in [0.25, 0.3) is 0 Å². The Morgan fingerprint density at radius 3 is 2.50 bits per heavy atom. The maximum absolute atomic E-state index is 12.1. The second-order valence-corrected chi connectivity index (χ2v) is 5.84. The first-order chi connectivity index (χ1) is 10.5. The maximum Gasteiger partial charge on any atom is 0.340 e. The minimum absolute atomic E-state index is 0.0982. The number of carbonyl (C=O) groups excluding carboxylic acids is 2. The van der Waals surface area contributed by atoms with Crippen LogP contribution in [0.2, 0.25) is 0 Å². The smallest absolute Gasteiger partial charge is 0.340 e. The number of ether oxygens (including phenoxy) is 1. The summed E-state index contributed by atoms with van der Waals surface area (Å²) in [5.74, 6) is -0.172. The van der Waals surface area contributed by atoms with Crippen LogP contribution in [0.3, 0.4) is 0 Å². The zero-order valence-corrected chi connectivity index (χ0v) is 14.0. The standard InChI is InChI=1S/C17H26N2O3/c1-5-19-12(4)16(17(21)22-6-2)11(3)14(19)9-10-15(20)18-13-7-8-13/h13H,5-10H2,1-4H3,(H,18,20). The van der Waals surface area contributed by atoms with Gasteiger partial charge >= 0.3 is 5.97 Å². The average Bonchev–Trinajstić information content (AvgIpc) is 3.23. The van der Waals surface area contributed by atoms with Gasteiger partial charge in [0.2, 0.25) is 5.91 Å². The molecule has 0 radical (unpaired) electrons. The number of hydrogen-bond donors (Lipinski definition) is 1. The first-order valence-corrected chi connectivity index (χ1v) is 8.14. The van der Waals surface area contributed by atoms with Gasteiger partial charge in [-0.3, -0.25) is 4.79 Å². The number of hydrogen-bond acceptors (Lipinski definition) is 3. The van der Waals surface area contributed by atoms with Crippen molar-refractivity contribution in [2.45, 2.75) is 66.0 Å². The Hall–Kier alpha value is -1.78. The summed E-state index contributed by atoms with van der Waals surface area (Å²) >= 11 is 0. The van der Waals surface area contributed by atoms with Crippen LogP contribution in [-0.4, -0.2) is 29.1 Å². The summed E-state index contributed by atoms with van der Waals surface area (Å²) in [6.07, 6.45) is 3.31. The van der Waals surface area contributed by atoms with Crippen molar-refractivity contribution in [2.75, 3.05) is 6.61 Å². The number of amides is 1. The van der Waals surface area contributed by atoms with Crippen molar-refractivity contribution in [2.24, 2.45) is 0 Å². The maximum atomic E-state index is 12.1. The molecule has 2 rings (SSSR count). The largest absolute Gasteiger partial charge is 0.462 e. The lowest BCUT2D eigenvalue weighted by molar-refractivity contribution is -0.121. The van der Waals surface area contributed by atoms with Crippen molar-refractivity contribution >= 4 is 11.9 Å². The molecule has 1 aliphatic rings. The molecule has 22 heavy (non-hydrogen) atoms. The van der Waals surface area contributed by atoms with Gasteiger partial charge in [-0.05, 0) is 52.5 Å². The molecule has 0 bridgehead atoms. The molecular weight excluding hydrogens is 280 g/mol. The summed E-state index contributed by atoms with van der Waals surface area (Å²) in [5, 5.41) is 3.01. The normalized spacial score (nSPS) is 14.0. The van der Waals surface area contributed by atoms with E-state index >= 15 is 0 Å². The van der Waals surface area contributed by atoms with E-state index in [9.17, 15) is 9.59 Å². The molecule has 0 spiro atoms. The molecular formula is C17H26N2O3. The molecule has 0 aliphatic heterocycles. The Balaban J connectivity index is 2.16. The van der Waals surface area contributed by atoms with Crippen LogP contribution >= 0.6 is 0 Å². The second-order valence-electron chi connectivity index (χ2n) is 5.84. The molecule has 0 unspecified atom stereocenters. The van der Waals surface area contributed by atoms with Gasteiger partial charge in [0.25, 0.3) is 0 Å². The summed E-state index contributed by atoms with van der Waals surface area (Å²) in [4.78, 5) is 24.0. The molecule has 0 aromatic carbocycles. The summed E-state index contributed by atoms with van der Waals surface area (Å²) in [5.41, 5.74) is 3.59. The Morgan fingerprint density at radius 2 is 1.95 bits per heavy atom. The summed E-state index contributed by atoms with van der Waals surface area (Å²) < 4.78 is 7.27. The highest BCUT2D eigenvalue weighted by Crippen LogP contribution is 2.25. The predicted molar refractivity (Wildman–Crippen MR) is 85.0 cm³/mol. The van der Waals surface area contributed by atoms with E-state index < -0.39 is 0 Å².